The summed E-state index contributed by atoms with van der Waals surface area (Å²) in [4.78, 5) is 14.9. The minimum absolute atomic E-state index is 0.123. The number of hydrogen-bond acceptors (Lipinski definition) is 2. The lowest BCUT2D eigenvalue weighted by atomic mass is 9.98. The van der Waals surface area contributed by atoms with Gasteiger partial charge in [0.25, 0.3) is 0 Å². The molecule has 3 aromatic rings. The zero-order chi connectivity index (χ0) is 16.5. The largest absolute Gasteiger partial charge is 0.288 e. The number of allylic oxidation sites excluding steroid dienone is 1. The molecule has 1 aliphatic carbocycles. The minimum atomic E-state index is 0.123. The lowest BCUT2D eigenvalue weighted by Crippen LogP contribution is -1.96. The van der Waals surface area contributed by atoms with Crippen molar-refractivity contribution < 1.29 is 4.79 Å². The molecule has 0 radical (unpaired) electrons. The Labute approximate surface area is 146 Å². The van der Waals surface area contributed by atoms with Crippen LogP contribution in [0.3, 0.4) is 0 Å². The van der Waals surface area contributed by atoms with Gasteiger partial charge in [-0.05, 0) is 30.2 Å². The molecule has 0 unspecified atom stereocenters. The third-order valence-electron chi connectivity index (χ3n) is 4.15. The molecule has 0 fully saturated rings. The molecule has 0 amide bonds. The van der Waals surface area contributed by atoms with E-state index in [9.17, 15) is 4.79 Å². The molecule has 24 heavy (non-hydrogen) atoms. The van der Waals surface area contributed by atoms with E-state index in [2.05, 4.69) is 25.1 Å². The van der Waals surface area contributed by atoms with Gasteiger partial charge >= 0.3 is 0 Å². The van der Waals surface area contributed by atoms with Crippen molar-refractivity contribution in [2.75, 3.05) is 0 Å². The topological polar surface area (TPSA) is 17.1 Å². The van der Waals surface area contributed by atoms with Gasteiger partial charge in [-0.2, -0.15) is 0 Å². The number of hydrogen-bond donors (Lipinski definition) is 0. The third kappa shape index (κ3) is 2.59. The first-order chi connectivity index (χ1) is 11.7. The standard InChI is InChI=1S/C22H16OS/c1-15-12-13-18-19(14-15)20(16-8-4-2-5-9-16)22(21(18)23)24-17-10-6-3-7-11-17/h2-14H,1H3. The summed E-state index contributed by atoms with van der Waals surface area (Å²) in [6, 6.07) is 26.4. The van der Waals surface area contributed by atoms with Crippen molar-refractivity contribution in [2.24, 2.45) is 0 Å². The molecular formula is C22H16OS. The number of thioether (sulfide) groups is 1. The van der Waals surface area contributed by atoms with Crippen molar-refractivity contribution in [3.05, 3.63) is 106 Å². The van der Waals surface area contributed by atoms with Crippen LogP contribution in [-0.2, 0) is 0 Å². The van der Waals surface area contributed by atoms with Crippen molar-refractivity contribution in [3.8, 4) is 0 Å². The SMILES string of the molecule is Cc1ccc2c(c1)C(c1ccccc1)=C(Sc1ccccc1)C2=O. The maximum Gasteiger partial charge on any atom is 0.200 e. The molecule has 0 N–H and O–H groups in total. The summed E-state index contributed by atoms with van der Waals surface area (Å²) in [5.41, 5.74) is 5.16. The van der Waals surface area contributed by atoms with Gasteiger partial charge < -0.3 is 0 Å². The Morgan fingerprint density at radius 2 is 1.42 bits per heavy atom. The molecule has 4 rings (SSSR count). The summed E-state index contributed by atoms with van der Waals surface area (Å²) in [6.45, 7) is 2.07. The maximum atomic E-state index is 13.0. The van der Waals surface area contributed by atoms with E-state index in [4.69, 9.17) is 0 Å². The Morgan fingerprint density at radius 3 is 2.12 bits per heavy atom. The van der Waals surface area contributed by atoms with Gasteiger partial charge in [0, 0.05) is 16.0 Å². The van der Waals surface area contributed by atoms with E-state index in [0.717, 1.165) is 32.1 Å². The molecule has 116 valence electrons. The molecule has 3 aromatic carbocycles. The van der Waals surface area contributed by atoms with E-state index in [1.165, 1.54) is 5.56 Å². The minimum Gasteiger partial charge on any atom is -0.288 e. The number of carbonyl (C=O) groups excluding carboxylic acids is 1. The van der Waals surface area contributed by atoms with Crippen molar-refractivity contribution in [3.63, 3.8) is 0 Å². The predicted octanol–water partition coefficient (Wildman–Crippen LogP) is 5.74. The van der Waals surface area contributed by atoms with Crippen LogP contribution in [0.4, 0.5) is 0 Å². The molecule has 1 aliphatic rings. The summed E-state index contributed by atoms with van der Waals surface area (Å²) in [5, 5.41) is 0. The van der Waals surface area contributed by atoms with Crippen molar-refractivity contribution >= 4 is 23.1 Å². The highest BCUT2D eigenvalue weighted by atomic mass is 32.2. The van der Waals surface area contributed by atoms with Gasteiger partial charge in [-0.25, -0.2) is 0 Å². The van der Waals surface area contributed by atoms with E-state index in [0.29, 0.717) is 0 Å². The third-order valence-corrected chi connectivity index (χ3v) is 5.25. The summed E-state index contributed by atoms with van der Waals surface area (Å²) in [5.74, 6) is 0.123. The van der Waals surface area contributed by atoms with Crippen LogP contribution in [0.25, 0.3) is 5.57 Å². The average Bonchev–Trinajstić information content (AvgIpc) is 2.88. The predicted molar refractivity (Wildman–Crippen MR) is 100 cm³/mol. The highest BCUT2D eigenvalue weighted by molar-refractivity contribution is 8.04. The zero-order valence-electron chi connectivity index (χ0n) is 13.3. The highest BCUT2D eigenvalue weighted by Gasteiger charge is 2.31. The number of aryl methyl sites for hydroxylation is 1. The molecule has 0 saturated carbocycles. The second-order valence-corrected chi connectivity index (χ2v) is 6.95. The first kappa shape index (κ1) is 15.0. The Kier molecular flexibility index (Phi) is 3.83. The van der Waals surface area contributed by atoms with E-state index in [1.54, 1.807) is 11.8 Å². The smallest absolute Gasteiger partial charge is 0.200 e. The quantitative estimate of drug-likeness (QED) is 0.609. The summed E-state index contributed by atoms with van der Waals surface area (Å²) in [7, 11) is 0. The van der Waals surface area contributed by atoms with Crippen LogP contribution in [0, 0.1) is 6.92 Å². The monoisotopic (exact) mass is 328 g/mol. The molecule has 0 atom stereocenters. The molecule has 1 nitrogen and oxygen atoms in total. The summed E-state index contributed by atoms with van der Waals surface area (Å²) in [6.07, 6.45) is 0. The molecule has 0 heterocycles. The van der Waals surface area contributed by atoms with Gasteiger partial charge in [0.1, 0.15) is 0 Å². The van der Waals surface area contributed by atoms with Gasteiger partial charge in [-0.15, -0.1) is 0 Å². The molecule has 0 aromatic heterocycles. The Hall–Kier alpha value is -2.58. The summed E-state index contributed by atoms with van der Waals surface area (Å²) >= 11 is 1.55. The number of carbonyl (C=O) groups is 1. The normalized spacial score (nSPS) is 13.3. The zero-order valence-corrected chi connectivity index (χ0v) is 14.1. The lowest BCUT2D eigenvalue weighted by molar-refractivity contribution is 0.104. The van der Waals surface area contributed by atoms with Gasteiger partial charge in [-0.1, -0.05) is 84.1 Å². The van der Waals surface area contributed by atoms with Gasteiger partial charge in [0.15, 0.2) is 0 Å². The molecular weight excluding hydrogens is 312 g/mol. The van der Waals surface area contributed by atoms with E-state index < -0.39 is 0 Å². The fraction of sp³-hybridized carbons (Fsp3) is 0.0455. The Morgan fingerprint density at radius 1 is 0.750 bits per heavy atom. The highest BCUT2D eigenvalue weighted by Crippen LogP contribution is 2.44. The Balaban J connectivity index is 1.92. The van der Waals surface area contributed by atoms with Gasteiger partial charge in [-0.3, -0.25) is 4.79 Å². The number of Topliss-reactive ketones (excluding diaryl/α,β-unsaturated/α-hetero) is 1. The van der Waals surface area contributed by atoms with Crippen LogP contribution >= 0.6 is 11.8 Å². The lowest BCUT2D eigenvalue weighted by Gasteiger charge is -2.08. The Bertz CT molecular complexity index is 940. The van der Waals surface area contributed by atoms with Crippen LogP contribution in [0.1, 0.15) is 27.0 Å². The average molecular weight is 328 g/mol. The number of benzene rings is 3. The number of rotatable bonds is 3. The van der Waals surface area contributed by atoms with Crippen LogP contribution in [0.2, 0.25) is 0 Å². The second-order valence-electron chi connectivity index (χ2n) is 5.86. The van der Waals surface area contributed by atoms with Crippen LogP contribution < -0.4 is 0 Å². The molecule has 0 aliphatic heterocycles. The van der Waals surface area contributed by atoms with Crippen LogP contribution in [-0.4, -0.2) is 5.78 Å². The molecule has 0 spiro atoms. The van der Waals surface area contributed by atoms with E-state index >= 15 is 0 Å². The van der Waals surface area contributed by atoms with Crippen LogP contribution in [0.15, 0.2) is 88.7 Å². The molecule has 0 saturated heterocycles. The van der Waals surface area contributed by atoms with Crippen molar-refractivity contribution in [1.82, 2.24) is 0 Å². The molecule has 0 bridgehead atoms. The fourth-order valence-electron chi connectivity index (χ4n) is 3.02. The fourth-order valence-corrected chi connectivity index (χ4v) is 4.08. The second kappa shape index (κ2) is 6.14. The number of fused-ring (bicyclic) bond motifs is 1. The van der Waals surface area contributed by atoms with E-state index in [-0.39, 0.29) is 5.78 Å². The van der Waals surface area contributed by atoms with E-state index in [1.807, 2.05) is 60.7 Å². The first-order valence-corrected chi connectivity index (χ1v) is 8.74. The van der Waals surface area contributed by atoms with Gasteiger partial charge in [0.05, 0.1) is 4.91 Å². The summed E-state index contributed by atoms with van der Waals surface area (Å²) < 4.78 is 0. The van der Waals surface area contributed by atoms with Crippen molar-refractivity contribution in [2.45, 2.75) is 11.8 Å². The maximum absolute atomic E-state index is 13.0. The van der Waals surface area contributed by atoms with Gasteiger partial charge in [0.2, 0.25) is 5.78 Å². The van der Waals surface area contributed by atoms with Crippen molar-refractivity contribution in [1.29, 1.82) is 0 Å². The first-order valence-electron chi connectivity index (χ1n) is 7.92. The number of ketones is 1. The molecule has 2 heteroatoms. The van der Waals surface area contributed by atoms with Crippen LogP contribution in [0.5, 0.6) is 0 Å².